The molecule has 0 aliphatic carbocycles. The number of hydrogen-bond acceptors (Lipinski definition) is 4. The van der Waals surface area contributed by atoms with Gasteiger partial charge >= 0.3 is 0 Å². The van der Waals surface area contributed by atoms with Gasteiger partial charge in [-0.1, -0.05) is 24.3 Å². The standard InChI is InChI=1S/C19H19N3O4/c1-4-16-18(25)22(12(3)24)17(19(26)21(16)11(2)23)9-13-10-20-15-8-6-5-7-14(13)15/h4-8,10,17,20H,9H2,1-3H3/b16-4-. The highest BCUT2D eigenvalue weighted by molar-refractivity contribution is 6.16. The number of nitrogens with zero attached hydrogens (tertiary/aromatic N) is 2. The number of fused-ring (bicyclic) bond motifs is 1. The topological polar surface area (TPSA) is 90.6 Å². The van der Waals surface area contributed by atoms with E-state index in [0.29, 0.717) is 0 Å². The van der Waals surface area contributed by atoms with Crippen LogP contribution in [-0.4, -0.2) is 44.5 Å². The largest absolute Gasteiger partial charge is 0.361 e. The number of nitrogens with one attached hydrogen (secondary N) is 1. The number of carbonyl (C=O) groups excluding carboxylic acids is 4. The summed E-state index contributed by atoms with van der Waals surface area (Å²) >= 11 is 0. The Kier molecular flexibility index (Phi) is 4.46. The molecular weight excluding hydrogens is 334 g/mol. The lowest BCUT2D eigenvalue weighted by atomic mass is 9.99. The van der Waals surface area contributed by atoms with E-state index in [0.717, 1.165) is 26.3 Å². The number of carbonyl (C=O) groups is 4. The summed E-state index contributed by atoms with van der Waals surface area (Å²) in [7, 11) is 0. The Hall–Kier alpha value is -3.22. The van der Waals surface area contributed by atoms with Gasteiger partial charge in [0.2, 0.25) is 11.8 Å². The zero-order chi connectivity index (χ0) is 19.0. The van der Waals surface area contributed by atoms with Crippen molar-refractivity contribution in [1.29, 1.82) is 0 Å². The SMILES string of the molecule is C/C=C1/C(=O)N(C(C)=O)C(Cc2c[nH]c3ccccc23)C(=O)N1C(C)=O. The molecule has 0 radical (unpaired) electrons. The van der Waals surface area contributed by atoms with Gasteiger partial charge in [0.25, 0.3) is 11.8 Å². The molecule has 4 amide bonds. The summed E-state index contributed by atoms with van der Waals surface area (Å²) in [6.07, 6.45) is 3.26. The molecule has 1 fully saturated rings. The highest BCUT2D eigenvalue weighted by atomic mass is 16.2. The molecule has 1 aromatic carbocycles. The van der Waals surface area contributed by atoms with Crippen LogP contribution < -0.4 is 0 Å². The van der Waals surface area contributed by atoms with E-state index >= 15 is 0 Å². The van der Waals surface area contributed by atoms with Gasteiger partial charge in [0, 0.05) is 37.4 Å². The van der Waals surface area contributed by atoms with Gasteiger partial charge in [-0.3, -0.25) is 24.1 Å². The first-order valence-corrected chi connectivity index (χ1v) is 8.26. The highest BCUT2D eigenvalue weighted by Gasteiger charge is 2.46. The van der Waals surface area contributed by atoms with Crippen molar-refractivity contribution in [3.8, 4) is 0 Å². The predicted molar refractivity (Wildman–Crippen MR) is 94.6 cm³/mol. The van der Waals surface area contributed by atoms with Crippen LogP contribution in [-0.2, 0) is 25.6 Å². The van der Waals surface area contributed by atoms with Gasteiger partial charge in [0.1, 0.15) is 11.7 Å². The zero-order valence-corrected chi connectivity index (χ0v) is 14.8. The van der Waals surface area contributed by atoms with Crippen molar-refractivity contribution in [3.05, 3.63) is 47.8 Å². The number of H-pyrrole nitrogens is 1. The van der Waals surface area contributed by atoms with E-state index in [2.05, 4.69) is 4.98 Å². The van der Waals surface area contributed by atoms with E-state index in [9.17, 15) is 19.2 Å². The van der Waals surface area contributed by atoms with Gasteiger partial charge in [0.05, 0.1) is 0 Å². The summed E-state index contributed by atoms with van der Waals surface area (Å²) in [4.78, 5) is 54.7. The molecule has 0 bridgehead atoms. The maximum Gasteiger partial charge on any atom is 0.278 e. The minimum Gasteiger partial charge on any atom is -0.361 e. The second kappa shape index (κ2) is 6.59. The lowest BCUT2D eigenvalue weighted by Crippen LogP contribution is -2.61. The predicted octanol–water partition coefficient (Wildman–Crippen LogP) is 1.75. The summed E-state index contributed by atoms with van der Waals surface area (Å²) < 4.78 is 0. The molecular formula is C19H19N3O4. The first kappa shape index (κ1) is 17.6. The zero-order valence-electron chi connectivity index (χ0n) is 14.8. The molecule has 26 heavy (non-hydrogen) atoms. The minimum atomic E-state index is -1.06. The fourth-order valence-corrected chi connectivity index (χ4v) is 3.37. The third-order valence-corrected chi connectivity index (χ3v) is 4.51. The Morgan fingerprint density at radius 1 is 1.15 bits per heavy atom. The maximum atomic E-state index is 13.0. The van der Waals surface area contributed by atoms with Crippen LogP contribution in [0.3, 0.4) is 0 Å². The monoisotopic (exact) mass is 353 g/mol. The summed E-state index contributed by atoms with van der Waals surface area (Å²) in [5.41, 5.74) is 1.60. The van der Waals surface area contributed by atoms with E-state index in [-0.39, 0.29) is 12.1 Å². The second-order valence-electron chi connectivity index (χ2n) is 6.14. The van der Waals surface area contributed by atoms with Gasteiger partial charge < -0.3 is 4.98 Å². The normalized spacial score (nSPS) is 19.5. The fraction of sp³-hybridized carbons (Fsp3) is 0.263. The van der Waals surface area contributed by atoms with Gasteiger partial charge in [-0.25, -0.2) is 4.90 Å². The van der Waals surface area contributed by atoms with E-state index in [1.54, 1.807) is 13.1 Å². The van der Waals surface area contributed by atoms with E-state index in [1.807, 2.05) is 24.3 Å². The Morgan fingerprint density at radius 2 is 1.85 bits per heavy atom. The van der Waals surface area contributed by atoms with E-state index in [4.69, 9.17) is 0 Å². The molecule has 1 unspecified atom stereocenters. The molecule has 0 spiro atoms. The molecule has 2 heterocycles. The lowest BCUT2D eigenvalue weighted by Gasteiger charge is -2.38. The van der Waals surface area contributed by atoms with Crippen molar-refractivity contribution in [2.45, 2.75) is 33.2 Å². The summed E-state index contributed by atoms with van der Waals surface area (Å²) in [6.45, 7) is 4.01. The average molecular weight is 353 g/mol. The van der Waals surface area contributed by atoms with Crippen molar-refractivity contribution in [2.75, 3.05) is 0 Å². The fourth-order valence-electron chi connectivity index (χ4n) is 3.37. The molecule has 1 saturated heterocycles. The summed E-state index contributed by atoms with van der Waals surface area (Å²) in [5.74, 6) is -2.30. The van der Waals surface area contributed by atoms with Crippen molar-refractivity contribution < 1.29 is 19.2 Å². The van der Waals surface area contributed by atoms with Crippen LogP contribution in [0.25, 0.3) is 10.9 Å². The number of aromatic nitrogens is 1. The summed E-state index contributed by atoms with van der Waals surface area (Å²) in [6, 6.07) is 6.49. The highest BCUT2D eigenvalue weighted by Crippen LogP contribution is 2.27. The van der Waals surface area contributed by atoms with Gasteiger partial charge in [-0.05, 0) is 18.6 Å². The van der Waals surface area contributed by atoms with Crippen molar-refractivity contribution in [1.82, 2.24) is 14.8 Å². The van der Waals surface area contributed by atoms with Gasteiger partial charge in [-0.2, -0.15) is 0 Å². The molecule has 0 saturated carbocycles. The van der Waals surface area contributed by atoms with Gasteiger partial charge in [-0.15, -0.1) is 0 Å². The second-order valence-corrected chi connectivity index (χ2v) is 6.14. The van der Waals surface area contributed by atoms with Crippen LogP contribution in [0, 0.1) is 0 Å². The molecule has 1 aromatic heterocycles. The quantitative estimate of drug-likeness (QED) is 0.833. The molecule has 7 heteroatoms. The maximum absolute atomic E-state index is 13.0. The van der Waals surface area contributed by atoms with Crippen molar-refractivity contribution in [3.63, 3.8) is 0 Å². The molecule has 1 atom stereocenters. The molecule has 1 aliphatic heterocycles. The average Bonchev–Trinajstić information content (AvgIpc) is 3.00. The Balaban J connectivity index is 2.07. The van der Waals surface area contributed by atoms with Crippen LogP contribution in [0.1, 0.15) is 26.3 Å². The van der Waals surface area contributed by atoms with Crippen LogP contribution in [0.4, 0.5) is 0 Å². The number of amides is 4. The van der Waals surface area contributed by atoms with Crippen LogP contribution in [0.2, 0.25) is 0 Å². The first-order chi connectivity index (χ1) is 12.4. The number of para-hydroxylation sites is 1. The molecule has 1 aliphatic rings. The Labute approximate surface area is 150 Å². The number of piperazine rings is 1. The third kappa shape index (κ3) is 2.71. The Bertz CT molecular complexity index is 957. The molecule has 134 valence electrons. The van der Waals surface area contributed by atoms with Crippen molar-refractivity contribution in [2.24, 2.45) is 0 Å². The van der Waals surface area contributed by atoms with Crippen LogP contribution in [0.15, 0.2) is 42.2 Å². The van der Waals surface area contributed by atoms with Crippen LogP contribution >= 0.6 is 0 Å². The van der Waals surface area contributed by atoms with Gasteiger partial charge in [0.15, 0.2) is 0 Å². The number of hydrogen-bond donors (Lipinski definition) is 1. The third-order valence-electron chi connectivity index (χ3n) is 4.51. The number of imide groups is 2. The van der Waals surface area contributed by atoms with Crippen LogP contribution in [0.5, 0.6) is 0 Å². The number of aromatic amines is 1. The smallest absolute Gasteiger partial charge is 0.278 e. The number of benzene rings is 1. The first-order valence-electron chi connectivity index (χ1n) is 8.26. The molecule has 3 rings (SSSR count). The summed E-state index contributed by atoms with van der Waals surface area (Å²) in [5, 5.41) is 0.905. The lowest BCUT2D eigenvalue weighted by molar-refractivity contribution is -0.161. The van der Waals surface area contributed by atoms with E-state index < -0.39 is 29.7 Å². The molecule has 1 N–H and O–H groups in total. The van der Waals surface area contributed by atoms with E-state index in [1.165, 1.54) is 19.9 Å². The molecule has 2 aromatic rings. The number of rotatable bonds is 2. The minimum absolute atomic E-state index is 0.0899. The van der Waals surface area contributed by atoms with Crippen molar-refractivity contribution >= 4 is 34.5 Å². The number of allylic oxidation sites excluding steroid dienone is 1. The molecule has 7 nitrogen and oxygen atoms in total. The Morgan fingerprint density at radius 3 is 2.46 bits per heavy atom.